The number of aliphatic carboxylic acids is 1. The quantitative estimate of drug-likeness (QED) is 0.717. The van der Waals surface area contributed by atoms with Crippen LogP contribution in [0, 0.1) is 0 Å². The highest BCUT2D eigenvalue weighted by atomic mass is 16.5. The Kier molecular flexibility index (Phi) is 5.66. The first kappa shape index (κ1) is 14.8. The standard InChI is InChI=1S/C13H18N2O4/c1-9(12(16)17)15-13(18)14-7-6-10-4-3-5-11(8-10)19-2/h3-5,8-9H,6-7H2,1-2H3,(H,16,17)(H2,14,15,18)/t9-/m0/s1. The Morgan fingerprint density at radius 2 is 2.16 bits per heavy atom. The molecule has 6 heteroatoms. The summed E-state index contributed by atoms with van der Waals surface area (Å²) in [5.74, 6) is -0.301. The number of rotatable bonds is 6. The molecule has 0 aliphatic rings. The summed E-state index contributed by atoms with van der Waals surface area (Å²) in [6.07, 6.45) is 0.645. The fourth-order valence-electron chi connectivity index (χ4n) is 1.46. The van der Waals surface area contributed by atoms with Gasteiger partial charge in [0.1, 0.15) is 11.8 Å². The van der Waals surface area contributed by atoms with Gasteiger partial charge < -0.3 is 20.5 Å². The van der Waals surface area contributed by atoms with Crippen molar-refractivity contribution in [2.75, 3.05) is 13.7 Å². The van der Waals surface area contributed by atoms with E-state index < -0.39 is 18.0 Å². The van der Waals surface area contributed by atoms with Gasteiger partial charge in [0.15, 0.2) is 0 Å². The normalized spacial score (nSPS) is 11.5. The van der Waals surface area contributed by atoms with Crippen LogP contribution in [0.25, 0.3) is 0 Å². The first-order chi connectivity index (χ1) is 9.02. The van der Waals surface area contributed by atoms with Crippen LogP contribution >= 0.6 is 0 Å². The van der Waals surface area contributed by atoms with Gasteiger partial charge in [-0.25, -0.2) is 4.79 Å². The highest BCUT2D eigenvalue weighted by Gasteiger charge is 2.12. The minimum absolute atomic E-state index is 0.422. The molecule has 1 atom stereocenters. The fraction of sp³-hybridized carbons (Fsp3) is 0.385. The number of nitrogens with one attached hydrogen (secondary N) is 2. The lowest BCUT2D eigenvalue weighted by molar-refractivity contribution is -0.138. The minimum atomic E-state index is -1.07. The molecule has 1 rings (SSSR count). The third-order valence-electron chi connectivity index (χ3n) is 2.55. The number of hydrogen-bond donors (Lipinski definition) is 3. The molecule has 0 aliphatic carbocycles. The predicted octanol–water partition coefficient (Wildman–Crippen LogP) is 1.01. The first-order valence-electron chi connectivity index (χ1n) is 5.93. The van der Waals surface area contributed by atoms with Gasteiger partial charge in [-0.05, 0) is 31.0 Å². The third kappa shape index (κ3) is 5.29. The van der Waals surface area contributed by atoms with Crippen molar-refractivity contribution in [2.45, 2.75) is 19.4 Å². The molecule has 0 aliphatic heterocycles. The number of amides is 2. The first-order valence-corrected chi connectivity index (χ1v) is 5.93. The highest BCUT2D eigenvalue weighted by Crippen LogP contribution is 2.12. The van der Waals surface area contributed by atoms with Gasteiger partial charge in [0.2, 0.25) is 0 Å². The second-order valence-electron chi connectivity index (χ2n) is 4.06. The molecule has 2 amide bonds. The summed E-state index contributed by atoms with van der Waals surface area (Å²) >= 11 is 0. The Hall–Kier alpha value is -2.24. The lowest BCUT2D eigenvalue weighted by atomic mass is 10.1. The molecule has 1 aromatic carbocycles. The number of benzene rings is 1. The van der Waals surface area contributed by atoms with E-state index in [9.17, 15) is 9.59 Å². The number of methoxy groups -OCH3 is 1. The average molecular weight is 266 g/mol. The van der Waals surface area contributed by atoms with E-state index >= 15 is 0 Å². The maximum atomic E-state index is 11.4. The smallest absolute Gasteiger partial charge is 0.325 e. The lowest BCUT2D eigenvalue weighted by Gasteiger charge is -2.10. The monoisotopic (exact) mass is 266 g/mol. The van der Waals surface area contributed by atoms with Crippen LogP contribution in [0.5, 0.6) is 5.75 Å². The summed E-state index contributed by atoms with van der Waals surface area (Å²) in [6, 6.07) is 6.15. The molecule has 6 nitrogen and oxygen atoms in total. The molecule has 3 N–H and O–H groups in total. The summed E-state index contributed by atoms with van der Waals surface area (Å²) < 4.78 is 5.10. The van der Waals surface area contributed by atoms with E-state index in [0.717, 1.165) is 11.3 Å². The largest absolute Gasteiger partial charge is 0.497 e. The van der Waals surface area contributed by atoms with Crippen molar-refractivity contribution in [3.63, 3.8) is 0 Å². The summed E-state index contributed by atoms with van der Waals surface area (Å²) in [5.41, 5.74) is 1.03. The molecule has 0 spiro atoms. The van der Waals surface area contributed by atoms with Gasteiger partial charge in [0, 0.05) is 6.54 Å². The zero-order chi connectivity index (χ0) is 14.3. The van der Waals surface area contributed by atoms with Gasteiger partial charge in [0.25, 0.3) is 0 Å². The van der Waals surface area contributed by atoms with E-state index in [-0.39, 0.29) is 0 Å². The van der Waals surface area contributed by atoms with Crippen molar-refractivity contribution in [1.82, 2.24) is 10.6 Å². The number of ether oxygens (including phenoxy) is 1. The maximum absolute atomic E-state index is 11.4. The number of carboxylic acids is 1. The average Bonchev–Trinajstić information content (AvgIpc) is 2.38. The number of hydrogen-bond acceptors (Lipinski definition) is 3. The minimum Gasteiger partial charge on any atom is -0.497 e. The van der Waals surface area contributed by atoms with Crippen LogP contribution in [0.4, 0.5) is 4.79 Å². The van der Waals surface area contributed by atoms with Crippen LogP contribution in [0.3, 0.4) is 0 Å². The maximum Gasteiger partial charge on any atom is 0.325 e. The van der Waals surface area contributed by atoms with E-state index in [4.69, 9.17) is 9.84 Å². The predicted molar refractivity (Wildman–Crippen MR) is 70.3 cm³/mol. The van der Waals surface area contributed by atoms with Gasteiger partial charge in [-0.1, -0.05) is 12.1 Å². The highest BCUT2D eigenvalue weighted by molar-refractivity contribution is 5.82. The zero-order valence-electron chi connectivity index (χ0n) is 11.0. The Balaban J connectivity index is 2.33. The van der Waals surface area contributed by atoms with Crippen molar-refractivity contribution in [1.29, 1.82) is 0 Å². The molecule has 0 bridgehead atoms. The summed E-state index contributed by atoms with van der Waals surface area (Å²) in [5, 5.41) is 13.5. The van der Waals surface area contributed by atoms with Gasteiger partial charge >= 0.3 is 12.0 Å². The van der Waals surface area contributed by atoms with Gasteiger partial charge in [0.05, 0.1) is 7.11 Å². The van der Waals surface area contributed by atoms with E-state index in [2.05, 4.69) is 10.6 Å². The van der Waals surface area contributed by atoms with Crippen LogP contribution < -0.4 is 15.4 Å². The molecule has 104 valence electrons. The second kappa shape index (κ2) is 7.25. The van der Waals surface area contributed by atoms with Crippen molar-refractivity contribution < 1.29 is 19.4 Å². The number of carboxylic acid groups (broad SMARTS) is 1. The summed E-state index contributed by atoms with van der Waals surface area (Å²) in [6.45, 7) is 1.83. The Morgan fingerprint density at radius 1 is 1.42 bits per heavy atom. The molecular formula is C13H18N2O4. The molecule has 0 radical (unpaired) electrons. The molecule has 19 heavy (non-hydrogen) atoms. The molecule has 0 aromatic heterocycles. The molecule has 0 fully saturated rings. The molecule has 0 heterocycles. The number of urea groups is 1. The van der Waals surface area contributed by atoms with Crippen LogP contribution in [-0.4, -0.2) is 36.8 Å². The van der Waals surface area contributed by atoms with Crippen molar-refractivity contribution in [2.24, 2.45) is 0 Å². The van der Waals surface area contributed by atoms with Crippen LogP contribution in [0.15, 0.2) is 24.3 Å². The fourth-order valence-corrected chi connectivity index (χ4v) is 1.46. The Bertz CT molecular complexity index is 448. The third-order valence-corrected chi connectivity index (χ3v) is 2.55. The van der Waals surface area contributed by atoms with Crippen LogP contribution in [0.1, 0.15) is 12.5 Å². The van der Waals surface area contributed by atoms with Gasteiger partial charge in [-0.15, -0.1) is 0 Å². The summed E-state index contributed by atoms with van der Waals surface area (Å²) in [7, 11) is 1.60. The van der Waals surface area contributed by atoms with E-state index in [1.165, 1.54) is 6.92 Å². The van der Waals surface area contributed by atoms with Crippen LogP contribution in [-0.2, 0) is 11.2 Å². The number of carbonyl (C=O) groups is 2. The number of carbonyl (C=O) groups excluding carboxylic acids is 1. The Labute approximate surface area is 111 Å². The van der Waals surface area contributed by atoms with Gasteiger partial charge in [-0.2, -0.15) is 0 Å². The molecule has 1 aromatic rings. The van der Waals surface area contributed by atoms with E-state index in [1.54, 1.807) is 7.11 Å². The second-order valence-corrected chi connectivity index (χ2v) is 4.06. The lowest BCUT2D eigenvalue weighted by Crippen LogP contribution is -2.44. The van der Waals surface area contributed by atoms with Crippen molar-refractivity contribution in [3.8, 4) is 5.75 Å². The SMILES string of the molecule is COc1cccc(CCNC(=O)N[C@@H](C)C(=O)O)c1. The molecule has 0 saturated carbocycles. The summed E-state index contributed by atoms with van der Waals surface area (Å²) in [4.78, 5) is 21.9. The molecule has 0 saturated heterocycles. The molecule has 0 unspecified atom stereocenters. The van der Waals surface area contributed by atoms with Crippen molar-refractivity contribution >= 4 is 12.0 Å². The van der Waals surface area contributed by atoms with E-state index in [1.807, 2.05) is 24.3 Å². The Morgan fingerprint density at radius 3 is 2.79 bits per heavy atom. The van der Waals surface area contributed by atoms with Crippen molar-refractivity contribution in [3.05, 3.63) is 29.8 Å². The van der Waals surface area contributed by atoms with Crippen LogP contribution in [0.2, 0.25) is 0 Å². The van der Waals surface area contributed by atoms with Gasteiger partial charge in [-0.3, -0.25) is 4.79 Å². The topological polar surface area (TPSA) is 87.7 Å². The molecular weight excluding hydrogens is 248 g/mol. The van der Waals surface area contributed by atoms with E-state index in [0.29, 0.717) is 13.0 Å². The zero-order valence-corrected chi connectivity index (χ0v) is 11.0.